The first-order valence-corrected chi connectivity index (χ1v) is 8.52. The van der Waals surface area contributed by atoms with E-state index in [1.165, 1.54) is 45.2 Å². The van der Waals surface area contributed by atoms with Crippen LogP contribution in [0.4, 0.5) is 5.82 Å². The molecule has 4 nitrogen and oxygen atoms in total. The largest absolute Gasteiger partial charge is 0.355 e. The summed E-state index contributed by atoms with van der Waals surface area (Å²) in [5, 5.41) is 3.50. The van der Waals surface area contributed by atoms with Crippen LogP contribution in [-0.4, -0.2) is 36.1 Å². The number of para-hydroxylation sites is 2. The molecule has 0 unspecified atom stereocenters. The number of rotatable bonds is 1. The van der Waals surface area contributed by atoms with Crippen LogP contribution in [-0.2, 0) is 0 Å². The number of piperidine rings is 1. The van der Waals surface area contributed by atoms with Crippen LogP contribution in [0.1, 0.15) is 32.1 Å². The Bertz CT molecular complexity index is 658. The van der Waals surface area contributed by atoms with Crippen LogP contribution in [0.5, 0.6) is 0 Å². The van der Waals surface area contributed by atoms with E-state index in [1.807, 2.05) is 24.4 Å². The lowest BCUT2D eigenvalue weighted by Gasteiger charge is -2.37. The number of nitrogens with one attached hydrogen (secondary N) is 1. The molecule has 24 heavy (non-hydrogen) atoms. The first-order chi connectivity index (χ1) is 10.8. The molecule has 1 N–H and O–H groups in total. The molecule has 6 heteroatoms. The molecule has 0 bridgehead atoms. The summed E-state index contributed by atoms with van der Waals surface area (Å²) in [6.07, 6.45) is 8.56. The zero-order valence-electron chi connectivity index (χ0n) is 13.9. The fourth-order valence-corrected chi connectivity index (χ4v) is 4.04. The van der Waals surface area contributed by atoms with Crippen LogP contribution in [0, 0.1) is 5.41 Å². The quantitative estimate of drug-likeness (QED) is 0.830. The van der Waals surface area contributed by atoms with Crippen molar-refractivity contribution in [3.63, 3.8) is 0 Å². The molecule has 2 fully saturated rings. The minimum absolute atomic E-state index is 0. The van der Waals surface area contributed by atoms with Crippen LogP contribution in [0.15, 0.2) is 30.5 Å². The Morgan fingerprint density at radius 2 is 1.67 bits per heavy atom. The highest BCUT2D eigenvalue weighted by atomic mass is 35.5. The van der Waals surface area contributed by atoms with Gasteiger partial charge in [0.25, 0.3) is 0 Å². The molecule has 0 radical (unpaired) electrons. The lowest BCUT2D eigenvalue weighted by atomic mass is 9.73. The van der Waals surface area contributed by atoms with E-state index < -0.39 is 0 Å². The molecule has 2 aliphatic rings. The van der Waals surface area contributed by atoms with Gasteiger partial charge in [0.1, 0.15) is 5.82 Å². The van der Waals surface area contributed by atoms with Gasteiger partial charge in [-0.3, -0.25) is 4.98 Å². The Morgan fingerprint density at radius 3 is 2.46 bits per heavy atom. The maximum absolute atomic E-state index is 4.83. The Kier molecular flexibility index (Phi) is 6.67. The second kappa shape index (κ2) is 8.32. The lowest BCUT2D eigenvalue weighted by molar-refractivity contribution is 0.178. The minimum Gasteiger partial charge on any atom is -0.355 e. The highest BCUT2D eigenvalue weighted by Crippen LogP contribution is 2.40. The number of anilines is 1. The van der Waals surface area contributed by atoms with Crippen LogP contribution in [0.2, 0.25) is 0 Å². The van der Waals surface area contributed by atoms with E-state index >= 15 is 0 Å². The molecule has 0 atom stereocenters. The monoisotopic (exact) mass is 368 g/mol. The number of aromatic nitrogens is 2. The smallest absolute Gasteiger partial charge is 0.147 e. The first-order valence-electron chi connectivity index (χ1n) is 8.52. The highest BCUT2D eigenvalue weighted by Gasteiger charge is 2.34. The average Bonchev–Trinajstić information content (AvgIpc) is 2.78. The van der Waals surface area contributed by atoms with Gasteiger partial charge in [0.15, 0.2) is 0 Å². The minimum atomic E-state index is 0. The summed E-state index contributed by atoms with van der Waals surface area (Å²) in [5.41, 5.74) is 2.56. The van der Waals surface area contributed by atoms with Crippen molar-refractivity contribution >= 4 is 41.7 Å². The fourth-order valence-electron chi connectivity index (χ4n) is 4.04. The summed E-state index contributed by atoms with van der Waals surface area (Å²) < 4.78 is 0. The molecule has 0 aliphatic carbocycles. The maximum atomic E-state index is 4.83. The van der Waals surface area contributed by atoms with Crippen molar-refractivity contribution < 1.29 is 0 Å². The van der Waals surface area contributed by atoms with Gasteiger partial charge in [-0.2, -0.15) is 0 Å². The normalized spacial score (nSPS) is 20.1. The third-order valence-electron chi connectivity index (χ3n) is 5.47. The predicted molar refractivity (Wildman–Crippen MR) is 105 cm³/mol. The molecule has 0 saturated carbocycles. The van der Waals surface area contributed by atoms with Crippen LogP contribution >= 0.6 is 24.8 Å². The molecule has 4 rings (SSSR count). The third kappa shape index (κ3) is 3.93. The highest BCUT2D eigenvalue weighted by molar-refractivity contribution is 5.85. The van der Waals surface area contributed by atoms with Crippen molar-refractivity contribution in [2.24, 2.45) is 5.41 Å². The zero-order chi connectivity index (χ0) is 14.8. The number of halogens is 2. The van der Waals surface area contributed by atoms with Crippen molar-refractivity contribution in [3.05, 3.63) is 30.5 Å². The van der Waals surface area contributed by atoms with Crippen LogP contribution in [0.25, 0.3) is 11.0 Å². The SMILES string of the molecule is Cl.Cl.c1ccc2nc(N3CCCC4(CCNCC4)CC3)cnc2c1. The van der Waals surface area contributed by atoms with E-state index in [0.29, 0.717) is 5.41 Å². The standard InChI is InChI=1S/C18H24N4.2ClH/c1-2-5-16-15(4-1)20-14-17(21-16)22-12-3-6-18(9-13-22)7-10-19-11-8-18;;/h1-2,4-5,14,19H,3,6-13H2;2*1H. The molecular weight excluding hydrogens is 343 g/mol. The Labute approximate surface area is 156 Å². The number of benzene rings is 1. The topological polar surface area (TPSA) is 41.1 Å². The fraction of sp³-hybridized carbons (Fsp3) is 0.556. The molecule has 3 heterocycles. The van der Waals surface area contributed by atoms with Crippen molar-refractivity contribution in [1.29, 1.82) is 0 Å². The zero-order valence-corrected chi connectivity index (χ0v) is 15.5. The Hall–Kier alpha value is -1.10. The first kappa shape index (κ1) is 19.2. The Morgan fingerprint density at radius 1 is 0.917 bits per heavy atom. The summed E-state index contributed by atoms with van der Waals surface area (Å²) in [5.74, 6) is 1.05. The molecule has 1 aromatic carbocycles. The van der Waals surface area contributed by atoms with E-state index in [2.05, 4.69) is 21.3 Å². The number of hydrogen-bond acceptors (Lipinski definition) is 4. The van der Waals surface area contributed by atoms with Gasteiger partial charge in [-0.05, 0) is 62.7 Å². The summed E-state index contributed by atoms with van der Waals surface area (Å²) in [6.45, 7) is 4.61. The van der Waals surface area contributed by atoms with Gasteiger partial charge < -0.3 is 10.2 Å². The van der Waals surface area contributed by atoms with Gasteiger partial charge in [0, 0.05) is 13.1 Å². The molecule has 2 aliphatic heterocycles. The van der Waals surface area contributed by atoms with E-state index in [-0.39, 0.29) is 24.8 Å². The third-order valence-corrected chi connectivity index (χ3v) is 5.47. The molecule has 1 aromatic heterocycles. The summed E-state index contributed by atoms with van der Waals surface area (Å²) in [7, 11) is 0. The van der Waals surface area contributed by atoms with Crippen LogP contribution < -0.4 is 10.2 Å². The van der Waals surface area contributed by atoms with Crippen molar-refractivity contribution in [2.45, 2.75) is 32.1 Å². The van der Waals surface area contributed by atoms with E-state index in [4.69, 9.17) is 4.98 Å². The van der Waals surface area contributed by atoms with E-state index in [0.717, 1.165) is 29.9 Å². The number of fused-ring (bicyclic) bond motifs is 1. The second-order valence-corrected chi connectivity index (χ2v) is 6.81. The molecule has 2 aromatic rings. The van der Waals surface area contributed by atoms with Gasteiger partial charge in [0.05, 0.1) is 17.2 Å². The predicted octanol–water partition coefficient (Wildman–Crippen LogP) is 3.83. The van der Waals surface area contributed by atoms with Gasteiger partial charge in [-0.25, -0.2) is 4.98 Å². The molecule has 2 saturated heterocycles. The number of hydrogen-bond donors (Lipinski definition) is 1. The van der Waals surface area contributed by atoms with Gasteiger partial charge >= 0.3 is 0 Å². The van der Waals surface area contributed by atoms with E-state index in [9.17, 15) is 0 Å². The van der Waals surface area contributed by atoms with Crippen molar-refractivity contribution in [1.82, 2.24) is 15.3 Å². The van der Waals surface area contributed by atoms with Gasteiger partial charge in [-0.1, -0.05) is 12.1 Å². The van der Waals surface area contributed by atoms with Crippen molar-refractivity contribution in [3.8, 4) is 0 Å². The molecule has 0 amide bonds. The maximum Gasteiger partial charge on any atom is 0.147 e. The Balaban J connectivity index is 0.00000104. The molecular formula is C18H26Cl2N4. The summed E-state index contributed by atoms with van der Waals surface area (Å²) >= 11 is 0. The van der Waals surface area contributed by atoms with Crippen LogP contribution in [0.3, 0.4) is 0 Å². The van der Waals surface area contributed by atoms with E-state index in [1.54, 1.807) is 0 Å². The second-order valence-electron chi connectivity index (χ2n) is 6.81. The number of nitrogens with zero attached hydrogens (tertiary/aromatic N) is 3. The van der Waals surface area contributed by atoms with Crippen molar-refractivity contribution in [2.75, 3.05) is 31.1 Å². The summed E-state index contributed by atoms with van der Waals surface area (Å²) in [4.78, 5) is 11.8. The average molecular weight is 369 g/mol. The van der Waals surface area contributed by atoms with Gasteiger partial charge in [0.2, 0.25) is 0 Å². The molecule has 1 spiro atoms. The van der Waals surface area contributed by atoms with Gasteiger partial charge in [-0.15, -0.1) is 24.8 Å². The molecule has 132 valence electrons. The lowest BCUT2D eigenvalue weighted by Crippen LogP contribution is -2.37. The summed E-state index contributed by atoms with van der Waals surface area (Å²) in [6, 6.07) is 8.13.